The van der Waals surface area contributed by atoms with Gasteiger partial charge in [0.15, 0.2) is 0 Å². The second kappa shape index (κ2) is 5.32. The van der Waals surface area contributed by atoms with Crippen LogP contribution in [0.2, 0.25) is 0 Å². The zero-order valence-electron chi connectivity index (χ0n) is 11.0. The number of ether oxygens (including phenoxy) is 1. The van der Waals surface area contributed by atoms with Crippen LogP contribution in [0, 0.1) is 6.92 Å². The van der Waals surface area contributed by atoms with Crippen LogP contribution in [-0.4, -0.2) is 11.6 Å². The Morgan fingerprint density at radius 1 is 1.35 bits per heavy atom. The lowest BCUT2D eigenvalue weighted by Crippen LogP contribution is -2.26. The van der Waals surface area contributed by atoms with Gasteiger partial charge < -0.3 is 10.5 Å². The predicted octanol–water partition coefficient (Wildman–Crippen LogP) is 2.73. The Kier molecular flexibility index (Phi) is 4.29. The fraction of sp³-hybridized carbons (Fsp3) is 0.500. The molecule has 0 heterocycles. The molecule has 3 nitrogen and oxygen atoms in total. The van der Waals surface area contributed by atoms with E-state index in [1.165, 1.54) is 0 Å². The Hall–Kier alpha value is -1.35. The Morgan fingerprint density at radius 2 is 1.94 bits per heavy atom. The highest BCUT2D eigenvalue weighted by Crippen LogP contribution is 2.19. The van der Waals surface area contributed by atoms with E-state index >= 15 is 0 Å². The monoisotopic (exact) mass is 235 g/mol. The number of carbonyl (C=O) groups is 1. The summed E-state index contributed by atoms with van der Waals surface area (Å²) in [4.78, 5) is 11.7. The minimum atomic E-state index is -0.456. The van der Waals surface area contributed by atoms with Crippen molar-refractivity contribution in [3.8, 4) is 0 Å². The number of aryl methyl sites for hydroxylation is 1. The average molecular weight is 235 g/mol. The highest BCUT2D eigenvalue weighted by Gasteiger charge is 2.19. The van der Waals surface area contributed by atoms with Gasteiger partial charge in [-0.3, -0.25) is 4.79 Å². The quantitative estimate of drug-likeness (QED) is 0.819. The average Bonchev–Trinajstić information content (AvgIpc) is 2.14. The molecular formula is C14H21NO2. The van der Waals surface area contributed by atoms with Gasteiger partial charge in [-0.05, 0) is 38.8 Å². The van der Waals surface area contributed by atoms with Crippen LogP contribution < -0.4 is 5.73 Å². The first-order chi connectivity index (χ1) is 7.79. The summed E-state index contributed by atoms with van der Waals surface area (Å²) in [6.07, 6.45) is 0.210. The molecule has 1 aromatic carbocycles. The third-order valence-corrected chi connectivity index (χ3v) is 2.39. The third kappa shape index (κ3) is 4.57. The molecule has 0 aromatic heterocycles. The van der Waals surface area contributed by atoms with Crippen molar-refractivity contribution in [1.82, 2.24) is 0 Å². The van der Waals surface area contributed by atoms with E-state index in [0.717, 1.165) is 11.1 Å². The zero-order valence-corrected chi connectivity index (χ0v) is 11.0. The molecule has 17 heavy (non-hydrogen) atoms. The molecule has 3 heteroatoms. The van der Waals surface area contributed by atoms with Crippen LogP contribution in [0.15, 0.2) is 24.3 Å². The first kappa shape index (κ1) is 13.7. The summed E-state index contributed by atoms with van der Waals surface area (Å²) in [5, 5.41) is 0. The Bertz CT molecular complexity index is 393. The lowest BCUT2D eigenvalue weighted by atomic mass is 10.00. The zero-order chi connectivity index (χ0) is 13.1. The van der Waals surface area contributed by atoms with Crippen molar-refractivity contribution < 1.29 is 9.53 Å². The Morgan fingerprint density at radius 3 is 2.47 bits per heavy atom. The van der Waals surface area contributed by atoms with Gasteiger partial charge in [0.25, 0.3) is 0 Å². The minimum absolute atomic E-state index is 0.210. The van der Waals surface area contributed by atoms with E-state index in [9.17, 15) is 4.79 Å². The summed E-state index contributed by atoms with van der Waals surface area (Å²) < 4.78 is 5.25. The molecule has 0 bridgehead atoms. The molecule has 0 aliphatic carbocycles. The third-order valence-electron chi connectivity index (χ3n) is 2.39. The van der Waals surface area contributed by atoms with E-state index in [-0.39, 0.29) is 18.4 Å². The van der Waals surface area contributed by atoms with Crippen molar-refractivity contribution in [3.05, 3.63) is 35.4 Å². The summed E-state index contributed by atoms with van der Waals surface area (Å²) in [5.41, 5.74) is 7.66. The minimum Gasteiger partial charge on any atom is -0.460 e. The fourth-order valence-corrected chi connectivity index (χ4v) is 1.68. The second-order valence-electron chi connectivity index (χ2n) is 5.25. The molecule has 0 fully saturated rings. The lowest BCUT2D eigenvalue weighted by Gasteiger charge is -2.21. The number of esters is 1. The number of nitrogens with two attached hydrogens (primary N) is 1. The Balaban J connectivity index is 2.64. The molecule has 0 aliphatic rings. The smallest absolute Gasteiger partial charge is 0.308 e. The molecule has 0 unspecified atom stereocenters. The topological polar surface area (TPSA) is 52.3 Å². The van der Waals surface area contributed by atoms with Gasteiger partial charge in [-0.15, -0.1) is 0 Å². The molecular weight excluding hydrogens is 214 g/mol. The van der Waals surface area contributed by atoms with Gasteiger partial charge in [0.2, 0.25) is 0 Å². The maximum atomic E-state index is 11.7. The van der Waals surface area contributed by atoms with Crippen molar-refractivity contribution in [3.63, 3.8) is 0 Å². The van der Waals surface area contributed by atoms with Gasteiger partial charge in [-0.1, -0.05) is 24.3 Å². The van der Waals surface area contributed by atoms with Gasteiger partial charge in [-0.2, -0.15) is 0 Å². The van der Waals surface area contributed by atoms with Crippen LogP contribution in [0.3, 0.4) is 0 Å². The molecule has 0 radical (unpaired) electrons. The highest BCUT2D eigenvalue weighted by atomic mass is 16.6. The standard InChI is InChI=1S/C14H21NO2/c1-10-7-5-6-8-11(10)12(15)9-13(16)17-14(2,3)4/h5-8,12H,9,15H2,1-4H3/t12-/m0/s1. The van der Waals surface area contributed by atoms with Crippen LogP contribution >= 0.6 is 0 Å². The first-order valence-corrected chi connectivity index (χ1v) is 5.82. The summed E-state index contributed by atoms with van der Waals surface area (Å²) in [6.45, 7) is 7.54. The van der Waals surface area contributed by atoms with E-state index in [4.69, 9.17) is 10.5 Å². The fourth-order valence-electron chi connectivity index (χ4n) is 1.68. The number of hydrogen-bond acceptors (Lipinski definition) is 3. The van der Waals surface area contributed by atoms with Gasteiger partial charge in [0.05, 0.1) is 6.42 Å². The molecule has 1 aromatic rings. The van der Waals surface area contributed by atoms with Crippen LogP contribution in [0.5, 0.6) is 0 Å². The van der Waals surface area contributed by atoms with Crippen molar-refractivity contribution >= 4 is 5.97 Å². The SMILES string of the molecule is Cc1ccccc1[C@@H](N)CC(=O)OC(C)(C)C. The van der Waals surface area contributed by atoms with E-state index in [1.54, 1.807) is 0 Å². The van der Waals surface area contributed by atoms with E-state index in [1.807, 2.05) is 52.0 Å². The summed E-state index contributed by atoms with van der Waals surface area (Å²) in [7, 11) is 0. The van der Waals surface area contributed by atoms with Gasteiger partial charge in [0.1, 0.15) is 5.60 Å². The summed E-state index contributed by atoms with van der Waals surface area (Å²) in [6, 6.07) is 7.52. The van der Waals surface area contributed by atoms with Crippen LogP contribution in [-0.2, 0) is 9.53 Å². The largest absolute Gasteiger partial charge is 0.460 e. The van der Waals surface area contributed by atoms with E-state index in [0.29, 0.717) is 0 Å². The van der Waals surface area contributed by atoms with E-state index < -0.39 is 5.60 Å². The molecule has 94 valence electrons. The molecule has 0 amide bonds. The number of benzene rings is 1. The van der Waals surface area contributed by atoms with Gasteiger partial charge in [0, 0.05) is 6.04 Å². The number of hydrogen-bond donors (Lipinski definition) is 1. The van der Waals surface area contributed by atoms with Gasteiger partial charge >= 0.3 is 5.97 Å². The second-order valence-corrected chi connectivity index (χ2v) is 5.25. The van der Waals surface area contributed by atoms with Crippen LogP contribution in [0.4, 0.5) is 0 Å². The maximum Gasteiger partial charge on any atom is 0.308 e. The summed E-state index contributed by atoms with van der Waals surface area (Å²) in [5.74, 6) is -0.256. The van der Waals surface area contributed by atoms with Crippen molar-refractivity contribution in [1.29, 1.82) is 0 Å². The first-order valence-electron chi connectivity index (χ1n) is 5.82. The predicted molar refractivity (Wildman–Crippen MR) is 68.6 cm³/mol. The van der Waals surface area contributed by atoms with Crippen molar-refractivity contribution in [2.75, 3.05) is 0 Å². The van der Waals surface area contributed by atoms with Gasteiger partial charge in [-0.25, -0.2) is 0 Å². The molecule has 1 rings (SSSR count). The van der Waals surface area contributed by atoms with Crippen molar-refractivity contribution in [2.24, 2.45) is 5.73 Å². The van der Waals surface area contributed by atoms with Crippen LogP contribution in [0.25, 0.3) is 0 Å². The van der Waals surface area contributed by atoms with E-state index in [2.05, 4.69) is 0 Å². The number of rotatable bonds is 3. The molecule has 0 spiro atoms. The number of carbonyl (C=O) groups excluding carboxylic acids is 1. The normalized spacial score (nSPS) is 13.2. The molecule has 1 atom stereocenters. The lowest BCUT2D eigenvalue weighted by molar-refractivity contribution is -0.155. The van der Waals surface area contributed by atoms with Crippen LogP contribution in [0.1, 0.15) is 44.4 Å². The highest BCUT2D eigenvalue weighted by molar-refractivity contribution is 5.71. The Labute approximate surface area is 103 Å². The maximum absolute atomic E-state index is 11.7. The molecule has 0 saturated carbocycles. The molecule has 0 saturated heterocycles. The summed E-state index contributed by atoms with van der Waals surface area (Å²) >= 11 is 0. The molecule has 0 aliphatic heterocycles. The van der Waals surface area contributed by atoms with Crippen molar-refractivity contribution in [2.45, 2.75) is 45.8 Å². The molecule has 2 N–H and O–H groups in total.